The third-order valence-electron chi connectivity index (χ3n) is 3.90. The van der Waals surface area contributed by atoms with Gasteiger partial charge in [-0.2, -0.15) is 11.8 Å². The normalized spacial score (nSPS) is 20.7. The molecule has 0 spiro atoms. The highest BCUT2D eigenvalue weighted by Crippen LogP contribution is 2.38. The Morgan fingerprint density at radius 3 is 3.00 bits per heavy atom. The fourth-order valence-electron chi connectivity index (χ4n) is 2.79. The Hall–Kier alpha value is -0.870. The quantitative estimate of drug-likeness (QED) is 0.734. The first-order valence-electron chi connectivity index (χ1n) is 7.85. The van der Waals surface area contributed by atoms with Crippen molar-refractivity contribution in [1.82, 2.24) is 5.32 Å². The van der Waals surface area contributed by atoms with Crippen molar-refractivity contribution in [1.29, 1.82) is 0 Å². The first-order valence-corrected chi connectivity index (χ1v) is 9.24. The maximum atomic E-state index is 6.18. The first-order chi connectivity index (χ1) is 10.3. The standard InChI is InChI=1S/C17H27NO2S/c1-4-9-18-16-12-14(6-5-10-21-3)20-17-8-7-13(19-2)11-15(16)17/h7-8,11,14,16,18H,4-6,9-10,12H2,1-3H3. The zero-order chi connectivity index (χ0) is 15.1. The van der Waals surface area contributed by atoms with E-state index in [0.717, 1.165) is 37.3 Å². The van der Waals surface area contributed by atoms with Crippen molar-refractivity contribution in [2.45, 2.75) is 44.8 Å². The summed E-state index contributed by atoms with van der Waals surface area (Å²) in [7, 11) is 1.71. The molecule has 0 aliphatic carbocycles. The minimum atomic E-state index is 0.326. The lowest BCUT2D eigenvalue weighted by Crippen LogP contribution is -2.33. The number of thioether (sulfide) groups is 1. The van der Waals surface area contributed by atoms with Crippen LogP contribution >= 0.6 is 11.8 Å². The van der Waals surface area contributed by atoms with Crippen LogP contribution in [0.5, 0.6) is 11.5 Å². The second-order valence-electron chi connectivity index (χ2n) is 5.52. The van der Waals surface area contributed by atoms with E-state index in [1.807, 2.05) is 17.8 Å². The van der Waals surface area contributed by atoms with Crippen molar-refractivity contribution < 1.29 is 9.47 Å². The molecule has 118 valence electrons. The summed E-state index contributed by atoms with van der Waals surface area (Å²) >= 11 is 1.91. The summed E-state index contributed by atoms with van der Waals surface area (Å²) in [6, 6.07) is 6.53. The van der Waals surface area contributed by atoms with E-state index in [4.69, 9.17) is 9.47 Å². The van der Waals surface area contributed by atoms with E-state index in [-0.39, 0.29) is 0 Å². The number of hydrogen-bond acceptors (Lipinski definition) is 4. The van der Waals surface area contributed by atoms with Gasteiger partial charge < -0.3 is 14.8 Å². The number of methoxy groups -OCH3 is 1. The smallest absolute Gasteiger partial charge is 0.124 e. The summed E-state index contributed by atoms with van der Waals surface area (Å²) in [5.74, 6) is 3.13. The maximum absolute atomic E-state index is 6.18. The molecule has 2 rings (SSSR count). The number of fused-ring (bicyclic) bond motifs is 1. The molecule has 4 heteroatoms. The van der Waals surface area contributed by atoms with E-state index in [2.05, 4.69) is 30.6 Å². The highest BCUT2D eigenvalue weighted by Gasteiger charge is 2.28. The van der Waals surface area contributed by atoms with Crippen LogP contribution in [0.15, 0.2) is 18.2 Å². The van der Waals surface area contributed by atoms with E-state index in [0.29, 0.717) is 12.1 Å². The van der Waals surface area contributed by atoms with Gasteiger partial charge in [-0.1, -0.05) is 6.92 Å². The minimum absolute atomic E-state index is 0.326. The van der Waals surface area contributed by atoms with Crippen molar-refractivity contribution in [3.05, 3.63) is 23.8 Å². The average Bonchev–Trinajstić information content (AvgIpc) is 2.52. The molecule has 0 aromatic heterocycles. The summed E-state index contributed by atoms with van der Waals surface area (Å²) in [6.07, 6.45) is 7.04. The molecule has 0 fully saturated rings. The van der Waals surface area contributed by atoms with Gasteiger partial charge in [0.1, 0.15) is 17.6 Å². The summed E-state index contributed by atoms with van der Waals surface area (Å²) in [4.78, 5) is 0. The van der Waals surface area contributed by atoms with Crippen LogP contribution in [0.1, 0.15) is 44.2 Å². The molecule has 1 N–H and O–H groups in total. The predicted octanol–water partition coefficient (Wildman–Crippen LogP) is 4.03. The van der Waals surface area contributed by atoms with E-state index < -0.39 is 0 Å². The number of ether oxygens (including phenoxy) is 2. The van der Waals surface area contributed by atoms with Crippen molar-refractivity contribution in [2.75, 3.05) is 25.7 Å². The largest absolute Gasteiger partial charge is 0.497 e. The Morgan fingerprint density at radius 1 is 1.43 bits per heavy atom. The van der Waals surface area contributed by atoms with Crippen molar-refractivity contribution in [2.24, 2.45) is 0 Å². The van der Waals surface area contributed by atoms with E-state index in [1.165, 1.54) is 17.7 Å². The molecular weight excluding hydrogens is 282 g/mol. The van der Waals surface area contributed by atoms with Crippen LogP contribution in [0.3, 0.4) is 0 Å². The van der Waals surface area contributed by atoms with Crippen LogP contribution in [-0.4, -0.2) is 31.8 Å². The number of rotatable bonds is 8. The van der Waals surface area contributed by atoms with Crippen LogP contribution in [-0.2, 0) is 0 Å². The summed E-state index contributed by atoms with van der Waals surface area (Å²) in [6.45, 7) is 3.24. The van der Waals surface area contributed by atoms with Gasteiger partial charge in [0.15, 0.2) is 0 Å². The number of hydrogen-bond donors (Lipinski definition) is 1. The van der Waals surface area contributed by atoms with Gasteiger partial charge in [0, 0.05) is 18.0 Å². The molecule has 2 unspecified atom stereocenters. The lowest BCUT2D eigenvalue weighted by atomic mass is 9.94. The van der Waals surface area contributed by atoms with Gasteiger partial charge >= 0.3 is 0 Å². The second kappa shape index (κ2) is 8.54. The predicted molar refractivity (Wildman–Crippen MR) is 90.7 cm³/mol. The highest BCUT2D eigenvalue weighted by molar-refractivity contribution is 7.98. The van der Waals surface area contributed by atoms with Gasteiger partial charge in [-0.15, -0.1) is 0 Å². The summed E-state index contributed by atoms with van der Waals surface area (Å²) < 4.78 is 11.5. The van der Waals surface area contributed by atoms with Crippen LogP contribution in [0, 0.1) is 0 Å². The number of benzene rings is 1. The lowest BCUT2D eigenvalue weighted by Gasteiger charge is -2.33. The highest BCUT2D eigenvalue weighted by atomic mass is 32.2. The SMILES string of the molecule is CCCNC1CC(CCCSC)Oc2ccc(OC)cc21. The molecule has 0 amide bonds. The van der Waals surface area contributed by atoms with Gasteiger partial charge in [0.2, 0.25) is 0 Å². The van der Waals surface area contributed by atoms with E-state index in [9.17, 15) is 0 Å². The molecule has 2 atom stereocenters. The van der Waals surface area contributed by atoms with E-state index in [1.54, 1.807) is 7.11 Å². The topological polar surface area (TPSA) is 30.5 Å². The molecule has 0 saturated carbocycles. The molecule has 1 aromatic rings. The Kier molecular flexibility index (Phi) is 6.71. The molecule has 0 bridgehead atoms. The molecule has 0 radical (unpaired) electrons. The summed E-state index contributed by atoms with van der Waals surface area (Å²) in [5.41, 5.74) is 1.24. The summed E-state index contributed by atoms with van der Waals surface area (Å²) in [5, 5.41) is 3.66. The molecule has 21 heavy (non-hydrogen) atoms. The monoisotopic (exact) mass is 309 g/mol. The van der Waals surface area contributed by atoms with Gasteiger partial charge in [-0.25, -0.2) is 0 Å². The molecule has 1 aliphatic rings. The van der Waals surface area contributed by atoms with Crippen LogP contribution in [0.4, 0.5) is 0 Å². The Bertz CT molecular complexity index is 439. The molecule has 1 aliphatic heterocycles. The lowest BCUT2D eigenvalue weighted by molar-refractivity contribution is 0.140. The molecule has 0 saturated heterocycles. The van der Waals surface area contributed by atoms with E-state index >= 15 is 0 Å². The Labute approximate surface area is 132 Å². The third kappa shape index (κ3) is 4.55. The van der Waals surface area contributed by atoms with Crippen LogP contribution in [0.25, 0.3) is 0 Å². The van der Waals surface area contributed by atoms with Gasteiger partial charge in [-0.3, -0.25) is 0 Å². The van der Waals surface area contributed by atoms with Gasteiger partial charge in [-0.05, 0) is 56.0 Å². The average molecular weight is 309 g/mol. The van der Waals surface area contributed by atoms with Crippen molar-refractivity contribution >= 4 is 11.8 Å². The minimum Gasteiger partial charge on any atom is -0.497 e. The molecule has 1 heterocycles. The molecule has 1 aromatic carbocycles. The van der Waals surface area contributed by atoms with Gasteiger partial charge in [0.25, 0.3) is 0 Å². The fourth-order valence-corrected chi connectivity index (χ4v) is 3.25. The zero-order valence-corrected chi connectivity index (χ0v) is 14.2. The molecular formula is C17H27NO2S. The van der Waals surface area contributed by atoms with Gasteiger partial charge in [0.05, 0.1) is 7.11 Å². The Morgan fingerprint density at radius 2 is 2.29 bits per heavy atom. The third-order valence-corrected chi connectivity index (χ3v) is 4.60. The first kappa shape index (κ1) is 16.5. The van der Waals surface area contributed by atoms with Crippen LogP contribution < -0.4 is 14.8 Å². The Balaban J connectivity index is 2.10. The molecule has 3 nitrogen and oxygen atoms in total. The van der Waals surface area contributed by atoms with Crippen molar-refractivity contribution in [3.63, 3.8) is 0 Å². The second-order valence-corrected chi connectivity index (χ2v) is 6.51. The van der Waals surface area contributed by atoms with Crippen molar-refractivity contribution in [3.8, 4) is 11.5 Å². The fraction of sp³-hybridized carbons (Fsp3) is 0.647. The maximum Gasteiger partial charge on any atom is 0.124 e. The van der Waals surface area contributed by atoms with Crippen LogP contribution in [0.2, 0.25) is 0 Å². The zero-order valence-electron chi connectivity index (χ0n) is 13.4. The number of nitrogens with one attached hydrogen (secondary N) is 1.